The van der Waals surface area contributed by atoms with Gasteiger partial charge in [0.2, 0.25) is 0 Å². The molecule has 1 saturated heterocycles. The summed E-state index contributed by atoms with van der Waals surface area (Å²) >= 11 is 0. The number of hydrogen-bond acceptors (Lipinski definition) is 4. The molecule has 0 aromatic carbocycles. The van der Waals surface area contributed by atoms with Gasteiger partial charge in [0.05, 0.1) is 5.56 Å². The molecule has 2 aromatic heterocycles. The third kappa shape index (κ3) is 4.02. The fourth-order valence-corrected chi connectivity index (χ4v) is 2.57. The summed E-state index contributed by atoms with van der Waals surface area (Å²) in [5, 5.41) is 3.38. The topological polar surface area (TPSA) is 63.1 Å². The molecule has 1 fully saturated rings. The summed E-state index contributed by atoms with van der Waals surface area (Å²) in [4.78, 5) is 22.8. The van der Waals surface area contributed by atoms with Crippen LogP contribution in [0.3, 0.4) is 0 Å². The molecule has 0 saturated carbocycles. The monoisotopic (exact) mass is 357 g/mol. The van der Waals surface area contributed by atoms with E-state index in [-0.39, 0.29) is 36.8 Å². The predicted octanol–water partition coefficient (Wildman–Crippen LogP) is 1.93. The first-order valence-electron chi connectivity index (χ1n) is 7.15. The molecule has 2 atom stereocenters. The number of nitrogens with zero attached hydrogens (tertiary/aromatic N) is 4. The van der Waals surface area contributed by atoms with Crippen molar-refractivity contribution in [2.24, 2.45) is 0 Å². The second kappa shape index (κ2) is 8.29. The first-order valence-corrected chi connectivity index (χ1v) is 7.15. The average molecular weight is 358 g/mol. The standard InChI is InChI=1S/C15H19N5O.2ClH/c1-11-12(2)20(8-6-17-11)15(21)13-3-4-14(18-9-13)19-7-5-16-10-19;;/h3-5,7,9-12,17H,6,8H2,1-2H3;2*1H. The number of halogens is 2. The number of aromatic nitrogens is 3. The number of carbonyl (C=O) groups excluding carboxylic acids is 1. The Labute approximate surface area is 148 Å². The van der Waals surface area contributed by atoms with Gasteiger partial charge in [-0.05, 0) is 26.0 Å². The van der Waals surface area contributed by atoms with Crippen molar-refractivity contribution < 1.29 is 4.79 Å². The summed E-state index contributed by atoms with van der Waals surface area (Å²) in [5.74, 6) is 0.798. The Morgan fingerprint density at radius 2 is 2.09 bits per heavy atom. The van der Waals surface area contributed by atoms with E-state index < -0.39 is 0 Å². The molecule has 126 valence electrons. The van der Waals surface area contributed by atoms with Crippen molar-refractivity contribution in [3.63, 3.8) is 0 Å². The quantitative estimate of drug-likeness (QED) is 0.891. The summed E-state index contributed by atoms with van der Waals surface area (Å²) < 4.78 is 1.81. The van der Waals surface area contributed by atoms with Crippen molar-refractivity contribution in [1.29, 1.82) is 0 Å². The zero-order valence-electron chi connectivity index (χ0n) is 13.0. The lowest BCUT2D eigenvalue weighted by atomic mass is 10.1. The minimum Gasteiger partial charge on any atom is -0.333 e. The molecule has 0 bridgehead atoms. The molecule has 3 rings (SSSR count). The summed E-state index contributed by atoms with van der Waals surface area (Å²) in [7, 11) is 0. The second-order valence-corrected chi connectivity index (χ2v) is 5.36. The lowest BCUT2D eigenvalue weighted by molar-refractivity contribution is 0.0602. The van der Waals surface area contributed by atoms with Gasteiger partial charge in [-0.15, -0.1) is 24.8 Å². The third-order valence-electron chi connectivity index (χ3n) is 4.06. The van der Waals surface area contributed by atoms with Crippen molar-refractivity contribution in [2.75, 3.05) is 13.1 Å². The van der Waals surface area contributed by atoms with Gasteiger partial charge in [-0.25, -0.2) is 9.97 Å². The van der Waals surface area contributed by atoms with E-state index in [1.54, 1.807) is 18.7 Å². The van der Waals surface area contributed by atoms with Gasteiger partial charge >= 0.3 is 0 Å². The maximum atomic E-state index is 12.6. The number of nitrogens with one attached hydrogen (secondary N) is 1. The van der Waals surface area contributed by atoms with Crippen LogP contribution in [0.5, 0.6) is 0 Å². The molecule has 1 aliphatic rings. The van der Waals surface area contributed by atoms with Crippen LogP contribution in [0.2, 0.25) is 0 Å². The zero-order valence-corrected chi connectivity index (χ0v) is 14.7. The highest BCUT2D eigenvalue weighted by Gasteiger charge is 2.28. The lowest BCUT2D eigenvalue weighted by Gasteiger charge is -2.38. The van der Waals surface area contributed by atoms with E-state index in [1.807, 2.05) is 27.8 Å². The SMILES string of the molecule is CC1NCCN(C(=O)c2ccc(-n3ccnc3)nc2)C1C.Cl.Cl. The number of hydrogen-bond donors (Lipinski definition) is 1. The van der Waals surface area contributed by atoms with Crippen LogP contribution in [-0.2, 0) is 0 Å². The molecule has 2 aromatic rings. The van der Waals surface area contributed by atoms with Crippen LogP contribution in [0, 0.1) is 0 Å². The van der Waals surface area contributed by atoms with Gasteiger partial charge in [0.25, 0.3) is 5.91 Å². The van der Waals surface area contributed by atoms with Gasteiger partial charge in [0.1, 0.15) is 12.1 Å². The van der Waals surface area contributed by atoms with Gasteiger partial charge in [0, 0.05) is 43.8 Å². The van der Waals surface area contributed by atoms with Gasteiger partial charge in [-0.2, -0.15) is 0 Å². The zero-order chi connectivity index (χ0) is 14.8. The molecular formula is C15H21Cl2N5O. The highest BCUT2D eigenvalue weighted by atomic mass is 35.5. The van der Waals surface area contributed by atoms with Crippen molar-refractivity contribution >= 4 is 30.7 Å². The van der Waals surface area contributed by atoms with Crippen LogP contribution in [0.1, 0.15) is 24.2 Å². The van der Waals surface area contributed by atoms with Gasteiger partial charge in [0.15, 0.2) is 0 Å². The largest absolute Gasteiger partial charge is 0.333 e. The van der Waals surface area contributed by atoms with Crippen LogP contribution in [0.25, 0.3) is 5.82 Å². The summed E-state index contributed by atoms with van der Waals surface area (Å²) in [6.07, 6.45) is 6.84. The van der Waals surface area contributed by atoms with Crippen LogP contribution < -0.4 is 5.32 Å². The average Bonchev–Trinajstić information content (AvgIpc) is 3.04. The number of imidazole rings is 1. The number of amides is 1. The molecule has 1 amide bonds. The Morgan fingerprint density at radius 1 is 1.30 bits per heavy atom. The fraction of sp³-hybridized carbons (Fsp3) is 0.400. The predicted molar refractivity (Wildman–Crippen MR) is 93.8 cm³/mol. The maximum Gasteiger partial charge on any atom is 0.255 e. The van der Waals surface area contributed by atoms with E-state index >= 15 is 0 Å². The van der Waals surface area contributed by atoms with E-state index in [0.29, 0.717) is 11.6 Å². The van der Waals surface area contributed by atoms with Crippen LogP contribution in [0.15, 0.2) is 37.1 Å². The number of piperazine rings is 1. The summed E-state index contributed by atoms with van der Waals surface area (Å²) in [5.41, 5.74) is 0.625. The fourth-order valence-electron chi connectivity index (χ4n) is 2.57. The van der Waals surface area contributed by atoms with Crippen molar-refractivity contribution in [2.45, 2.75) is 25.9 Å². The van der Waals surface area contributed by atoms with Crippen molar-refractivity contribution in [3.8, 4) is 5.82 Å². The molecule has 1 N–H and O–H groups in total. The van der Waals surface area contributed by atoms with Gasteiger partial charge < -0.3 is 10.2 Å². The molecule has 6 nitrogen and oxygen atoms in total. The number of rotatable bonds is 2. The van der Waals surface area contributed by atoms with Crippen LogP contribution in [0.4, 0.5) is 0 Å². The van der Waals surface area contributed by atoms with E-state index in [1.165, 1.54) is 0 Å². The Hall–Kier alpha value is -1.63. The van der Waals surface area contributed by atoms with Crippen LogP contribution >= 0.6 is 24.8 Å². The molecule has 2 unspecified atom stereocenters. The third-order valence-corrected chi connectivity index (χ3v) is 4.06. The molecule has 0 radical (unpaired) electrons. The maximum absolute atomic E-state index is 12.6. The molecule has 0 aliphatic carbocycles. The van der Waals surface area contributed by atoms with E-state index in [9.17, 15) is 4.79 Å². The molecular weight excluding hydrogens is 337 g/mol. The second-order valence-electron chi connectivity index (χ2n) is 5.36. The van der Waals surface area contributed by atoms with Crippen molar-refractivity contribution in [3.05, 3.63) is 42.6 Å². The molecule has 1 aliphatic heterocycles. The van der Waals surface area contributed by atoms with E-state index in [2.05, 4.69) is 29.1 Å². The minimum absolute atomic E-state index is 0. The molecule has 23 heavy (non-hydrogen) atoms. The van der Waals surface area contributed by atoms with Gasteiger partial charge in [-0.1, -0.05) is 0 Å². The smallest absolute Gasteiger partial charge is 0.255 e. The normalized spacial score (nSPS) is 20.3. The van der Waals surface area contributed by atoms with Gasteiger partial charge in [-0.3, -0.25) is 9.36 Å². The molecule has 0 spiro atoms. The number of pyridine rings is 1. The molecule has 8 heteroatoms. The minimum atomic E-state index is 0. The van der Waals surface area contributed by atoms with Crippen LogP contribution in [-0.4, -0.2) is 50.5 Å². The first-order chi connectivity index (χ1) is 10.2. The first kappa shape index (κ1) is 19.4. The van der Waals surface area contributed by atoms with E-state index in [4.69, 9.17) is 0 Å². The summed E-state index contributed by atoms with van der Waals surface area (Å²) in [6.45, 7) is 5.73. The summed E-state index contributed by atoms with van der Waals surface area (Å²) in [6, 6.07) is 4.15. The lowest BCUT2D eigenvalue weighted by Crippen LogP contribution is -2.57. The highest BCUT2D eigenvalue weighted by molar-refractivity contribution is 5.94. The Balaban J connectivity index is 0.00000132. The van der Waals surface area contributed by atoms with E-state index in [0.717, 1.165) is 18.9 Å². The van der Waals surface area contributed by atoms with Crippen molar-refractivity contribution in [1.82, 2.24) is 24.8 Å². The number of carbonyl (C=O) groups is 1. The highest BCUT2D eigenvalue weighted by Crippen LogP contribution is 2.14. The molecule has 3 heterocycles. The Bertz CT molecular complexity index is 617. The Morgan fingerprint density at radius 3 is 2.70 bits per heavy atom. The Kier molecular flexibility index (Phi) is 7.00.